The van der Waals surface area contributed by atoms with Gasteiger partial charge >= 0.3 is 6.09 Å². The van der Waals surface area contributed by atoms with Crippen molar-refractivity contribution in [2.75, 3.05) is 37.6 Å². The van der Waals surface area contributed by atoms with Gasteiger partial charge in [0, 0.05) is 63.1 Å². The van der Waals surface area contributed by atoms with E-state index in [9.17, 15) is 18.4 Å². The summed E-state index contributed by atoms with van der Waals surface area (Å²) in [4.78, 5) is 39.9. The Labute approximate surface area is 221 Å². The molecule has 0 radical (unpaired) electrons. The Morgan fingerprint density at radius 1 is 1.16 bits per heavy atom. The summed E-state index contributed by atoms with van der Waals surface area (Å²) < 4.78 is 33.6. The summed E-state index contributed by atoms with van der Waals surface area (Å²) in [6.45, 7) is 6.21. The molecule has 2 atom stereocenters. The van der Waals surface area contributed by atoms with Crippen molar-refractivity contribution in [2.45, 2.75) is 63.1 Å². The maximum Gasteiger partial charge on any atom is 0.410 e. The number of nitrogens with two attached hydrogens (primary N) is 1. The van der Waals surface area contributed by atoms with Crippen LogP contribution in [0.4, 0.5) is 19.5 Å². The maximum atomic E-state index is 14.3. The molecule has 2 aliphatic heterocycles. The summed E-state index contributed by atoms with van der Waals surface area (Å²) >= 11 is 0. The number of ether oxygens (including phenoxy) is 1. The molecule has 11 heteroatoms. The number of rotatable bonds is 6. The van der Waals surface area contributed by atoms with Crippen LogP contribution in [0.2, 0.25) is 0 Å². The van der Waals surface area contributed by atoms with Gasteiger partial charge in [0.05, 0.1) is 5.56 Å². The van der Waals surface area contributed by atoms with E-state index < -0.39 is 23.6 Å². The number of carbonyl (C=O) groups is 2. The summed E-state index contributed by atoms with van der Waals surface area (Å²) in [5, 5.41) is 0. The Morgan fingerprint density at radius 3 is 2.47 bits per heavy atom. The van der Waals surface area contributed by atoms with E-state index in [0.29, 0.717) is 57.1 Å². The lowest BCUT2D eigenvalue weighted by molar-refractivity contribution is 0.0391. The molecule has 5 rings (SSSR count). The van der Waals surface area contributed by atoms with Crippen molar-refractivity contribution in [2.24, 2.45) is 5.73 Å². The van der Waals surface area contributed by atoms with E-state index in [2.05, 4.69) is 9.97 Å². The van der Waals surface area contributed by atoms with E-state index in [-0.39, 0.29) is 29.2 Å². The average Bonchev–Trinajstić information content (AvgIpc) is 3.51. The fourth-order valence-corrected chi connectivity index (χ4v) is 5.36. The Kier molecular flexibility index (Phi) is 7.21. The summed E-state index contributed by atoms with van der Waals surface area (Å²) in [6, 6.07) is 2.97. The highest BCUT2D eigenvalue weighted by molar-refractivity contribution is 5.94. The lowest BCUT2D eigenvalue weighted by atomic mass is 9.94. The van der Waals surface area contributed by atoms with Crippen molar-refractivity contribution in [1.29, 1.82) is 0 Å². The predicted molar refractivity (Wildman–Crippen MR) is 137 cm³/mol. The van der Waals surface area contributed by atoms with Gasteiger partial charge in [-0.1, -0.05) is 0 Å². The standard InChI is InChI=1S/C27H34F2N6O3/c1-3-35(19-6-10-33(11-7-19)26(37)38-27(2)8-9-27)24(36)17-13-31-25(32-14-17)34-15-21(23(30)16-34)20-12-18(28)4-5-22(20)29/h4-5,12-14,19,21,23H,3,6-11,15-16,30H2,1-2H3/t21-,23+/m1/s1. The number of hydrogen-bond acceptors (Lipinski definition) is 7. The highest BCUT2D eigenvalue weighted by Gasteiger charge is 2.43. The lowest BCUT2D eigenvalue weighted by Gasteiger charge is -2.38. The van der Waals surface area contributed by atoms with Gasteiger partial charge in [0.25, 0.3) is 5.91 Å². The van der Waals surface area contributed by atoms with Crippen LogP contribution in [0.15, 0.2) is 30.6 Å². The van der Waals surface area contributed by atoms with E-state index in [0.717, 1.165) is 25.0 Å². The third-order valence-electron chi connectivity index (χ3n) is 7.94. The number of benzene rings is 1. The van der Waals surface area contributed by atoms with Gasteiger partial charge in [-0.3, -0.25) is 4.79 Å². The molecule has 0 unspecified atom stereocenters. The highest BCUT2D eigenvalue weighted by Crippen LogP contribution is 2.39. The summed E-state index contributed by atoms with van der Waals surface area (Å²) in [5.41, 5.74) is 6.57. The number of piperidine rings is 1. The zero-order valence-electron chi connectivity index (χ0n) is 21.8. The number of carbonyl (C=O) groups excluding carboxylic acids is 2. The largest absolute Gasteiger partial charge is 0.443 e. The first-order chi connectivity index (χ1) is 18.2. The smallest absolute Gasteiger partial charge is 0.410 e. The van der Waals surface area contributed by atoms with Gasteiger partial charge in [0.1, 0.15) is 17.2 Å². The van der Waals surface area contributed by atoms with Crippen molar-refractivity contribution < 1.29 is 23.1 Å². The van der Waals surface area contributed by atoms with Crippen molar-refractivity contribution in [3.8, 4) is 0 Å². The van der Waals surface area contributed by atoms with E-state index in [1.54, 1.807) is 9.80 Å². The Hall–Kier alpha value is -3.34. The van der Waals surface area contributed by atoms with Gasteiger partial charge < -0.3 is 25.2 Å². The average molecular weight is 529 g/mol. The van der Waals surface area contributed by atoms with Gasteiger partial charge in [0.2, 0.25) is 5.95 Å². The number of nitrogens with zero attached hydrogens (tertiary/aromatic N) is 5. The Morgan fingerprint density at radius 2 is 1.84 bits per heavy atom. The van der Waals surface area contributed by atoms with Crippen LogP contribution in [0, 0.1) is 11.6 Å². The topological polar surface area (TPSA) is 105 Å². The van der Waals surface area contributed by atoms with Crippen LogP contribution in [0.25, 0.3) is 0 Å². The molecule has 3 heterocycles. The van der Waals surface area contributed by atoms with Gasteiger partial charge in [-0.2, -0.15) is 0 Å². The molecule has 2 aromatic rings. The normalized spacial score (nSPS) is 22.9. The van der Waals surface area contributed by atoms with Crippen LogP contribution in [0.5, 0.6) is 0 Å². The molecule has 1 aromatic carbocycles. The summed E-state index contributed by atoms with van der Waals surface area (Å²) in [7, 11) is 0. The monoisotopic (exact) mass is 528 g/mol. The molecule has 3 aliphatic rings. The van der Waals surface area contributed by atoms with Gasteiger partial charge in [-0.15, -0.1) is 0 Å². The van der Waals surface area contributed by atoms with Crippen molar-refractivity contribution in [3.63, 3.8) is 0 Å². The molecule has 38 heavy (non-hydrogen) atoms. The molecular weight excluding hydrogens is 494 g/mol. The molecule has 3 fully saturated rings. The summed E-state index contributed by atoms with van der Waals surface area (Å²) in [5.74, 6) is -1.18. The second-order valence-electron chi connectivity index (χ2n) is 10.7. The molecular formula is C27H34F2N6O3. The third kappa shape index (κ3) is 5.43. The molecule has 0 bridgehead atoms. The van der Waals surface area contributed by atoms with Gasteiger partial charge in [0.15, 0.2) is 0 Å². The van der Waals surface area contributed by atoms with Crippen LogP contribution in [0.3, 0.4) is 0 Å². The highest BCUT2D eigenvalue weighted by atomic mass is 19.1. The minimum Gasteiger partial charge on any atom is -0.443 e. The third-order valence-corrected chi connectivity index (χ3v) is 7.94. The van der Waals surface area contributed by atoms with E-state index in [4.69, 9.17) is 10.5 Å². The van der Waals surface area contributed by atoms with Crippen LogP contribution in [-0.4, -0.2) is 82.2 Å². The molecule has 2 saturated heterocycles. The number of aromatic nitrogens is 2. The van der Waals surface area contributed by atoms with Crippen molar-refractivity contribution in [1.82, 2.24) is 19.8 Å². The first kappa shape index (κ1) is 26.3. The minimum absolute atomic E-state index is 0.00578. The SMILES string of the molecule is CCN(C(=O)c1cnc(N2C[C@H](c3cc(F)ccc3F)[C@@H](N)C2)nc1)C1CCN(C(=O)OC2(C)CC2)CC1. The number of amides is 2. The quantitative estimate of drug-likeness (QED) is 0.613. The minimum atomic E-state index is -0.509. The van der Waals surface area contributed by atoms with Crippen LogP contribution in [-0.2, 0) is 4.74 Å². The fraction of sp³-hybridized carbons (Fsp3) is 0.556. The molecule has 2 amide bonds. The zero-order valence-corrected chi connectivity index (χ0v) is 21.8. The summed E-state index contributed by atoms with van der Waals surface area (Å²) in [6.07, 6.45) is 5.89. The number of hydrogen-bond donors (Lipinski definition) is 1. The van der Waals surface area contributed by atoms with Crippen molar-refractivity contribution in [3.05, 3.63) is 53.4 Å². The van der Waals surface area contributed by atoms with Crippen molar-refractivity contribution >= 4 is 17.9 Å². The second-order valence-corrected chi connectivity index (χ2v) is 10.7. The van der Waals surface area contributed by atoms with Gasteiger partial charge in [-0.05, 0) is 63.3 Å². The second kappa shape index (κ2) is 10.4. The van der Waals surface area contributed by atoms with E-state index >= 15 is 0 Å². The number of anilines is 1. The molecule has 2 N–H and O–H groups in total. The Balaban J connectivity index is 1.19. The Bertz CT molecular complexity index is 1180. The zero-order chi connectivity index (χ0) is 27.0. The number of halogens is 2. The van der Waals surface area contributed by atoms with Crippen LogP contribution >= 0.6 is 0 Å². The van der Waals surface area contributed by atoms with Gasteiger partial charge in [-0.25, -0.2) is 23.5 Å². The molecule has 0 spiro atoms. The van der Waals surface area contributed by atoms with Crippen LogP contribution < -0.4 is 10.6 Å². The maximum absolute atomic E-state index is 14.3. The predicted octanol–water partition coefficient (Wildman–Crippen LogP) is 3.30. The first-order valence-corrected chi connectivity index (χ1v) is 13.2. The molecule has 1 saturated carbocycles. The van der Waals surface area contributed by atoms with E-state index in [1.807, 2.05) is 18.7 Å². The fourth-order valence-electron chi connectivity index (χ4n) is 5.36. The molecule has 1 aromatic heterocycles. The van der Waals surface area contributed by atoms with E-state index in [1.165, 1.54) is 18.5 Å². The first-order valence-electron chi connectivity index (χ1n) is 13.2. The number of likely N-dealkylation sites (tertiary alicyclic amines) is 1. The molecule has 204 valence electrons. The molecule has 9 nitrogen and oxygen atoms in total. The van der Waals surface area contributed by atoms with Crippen LogP contribution in [0.1, 0.15) is 61.4 Å². The molecule has 1 aliphatic carbocycles. The lowest BCUT2D eigenvalue weighted by Crippen LogP contribution is -2.49.